The van der Waals surface area contributed by atoms with E-state index in [2.05, 4.69) is 10.9 Å². The SMILES string of the molecule is COc1cccc(OC)c1C(=O)NNC(=O)c1cccc(Cl)c1. The highest BCUT2D eigenvalue weighted by molar-refractivity contribution is 6.31. The van der Waals surface area contributed by atoms with E-state index in [4.69, 9.17) is 21.1 Å². The van der Waals surface area contributed by atoms with Crippen molar-refractivity contribution in [2.75, 3.05) is 14.2 Å². The van der Waals surface area contributed by atoms with Gasteiger partial charge in [-0.3, -0.25) is 20.4 Å². The summed E-state index contributed by atoms with van der Waals surface area (Å²) in [4.78, 5) is 24.3. The second-order valence-electron chi connectivity index (χ2n) is 4.46. The summed E-state index contributed by atoms with van der Waals surface area (Å²) >= 11 is 5.83. The van der Waals surface area contributed by atoms with Gasteiger partial charge in [0.15, 0.2) is 0 Å². The van der Waals surface area contributed by atoms with Crippen LogP contribution in [0.3, 0.4) is 0 Å². The number of carbonyl (C=O) groups is 2. The lowest BCUT2D eigenvalue weighted by Crippen LogP contribution is -2.41. The van der Waals surface area contributed by atoms with Gasteiger partial charge in [0.25, 0.3) is 11.8 Å². The van der Waals surface area contributed by atoms with Crippen LogP contribution >= 0.6 is 11.6 Å². The first-order valence-electron chi connectivity index (χ1n) is 6.64. The third kappa shape index (κ3) is 3.92. The van der Waals surface area contributed by atoms with E-state index in [1.807, 2.05) is 0 Å². The van der Waals surface area contributed by atoms with E-state index in [1.165, 1.54) is 20.3 Å². The molecule has 0 heterocycles. The average molecular weight is 335 g/mol. The maximum atomic E-state index is 12.3. The van der Waals surface area contributed by atoms with Crippen LogP contribution in [0.5, 0.6) is 11.5 Å². The van der Waals surface area contributed by atoms with Crippen LogP contribution in [-0.2, 0) is 0 Å². The molecule has 7 heteroatoms. The molecule has 120 valence electrons. The molecule has 0 fully saturated rings. The molecule has 0 spiro atoms. The number of hydrogen-bond donors (Lipinski definition) is 2. The van der Waals surface area contributed by atoms with E-state index in [0.717, 1.165) is 0 Å². The predicted molar refractivity (Wildman–Crippen MR) is 85.9 cm³/mol. The van der Waals surface area contributed by atoms with Gasteiger partial charge in [-0.15, -0.1) is 0 Å². The summed E-state index contributed by atoms with van der Waals surface area (Å²) in [5.74, 6) is -0.387. The average Bonchev–Trinajstić information content (AvgIpc) is 2.58. The summed E-state index contributed by atoms with van der Waals surface area (Å²) < 4.78 is 10.3. The Morgan fingerprint density at radius 1 is 0.913 bits per heavy atom. The van der Waals surface area contributed by atoms with E-state index in [9.17, 15) is 9.59 Å². The minimum atomic E-state index is -0.560. The van der Waals surface area contributed by atoms with Gasteiger partial charge >= 0.3 is 0 Å². The highest BCUT2D eigenvalue weighted by Crippen LogP contribution is 2.27. The molecule has 2 aromatic rings. The number of methoxy groups -OCH3 is 2. The highest BCUT2D eigenvalue weighted by Gasteiger charge is 2.18. The van der Waals surface area contributed by atoms with E-state index >= 15 is 0 Å². The summed E-state index contributed by atoms with van der Waals surface area (Å²) in [6, 6.07) is 11.3. The normalized spacial score (nSPS) is 9.87. The largest absolute Gasteiger partial charge is 0.496 e. The Bertz CT molecular complexity index is 712. The Balaban J connectivity index is 2.12. The molecule has 0 saturated heterocycles. The fraction of sp³-hybridized carbons (Fsp3) is 0.125. The van der Waals surface area contributed by atoms with Gasteiger partial charge in [0.2, 0.25) is 0 Å². The number of amides is 2. The van der Waals surface area contributed by atoms with Gasteiger partial charge in [0.1, 0.15) is 17.1 Å². The summed E-state index contributed by atoms with van der Waals surface area (Å²) in [6.07, 6.45) is 0. The zero-order valence-corrected chi connectivity index (χ0v) is 13.3. The Hall–Kier alpha value is -2.73. The molecule has 2 aromatic carbocycles. The van der Waals surface area contributed by atoms with Crippen molar-refractivity contribution in [3.05, 3.63) is 58.6 Å². The van der Waals surface area contributed by atoms with Crippen LogP contribution in [0.1, 0.15) is 20.7 Å². The lowest BCUT2D eigenvalue weighted by molar-refractivity contribution is 0.0843. The van der Waals surface area contributed by atoms with E-state index in [0.29, 0.717) is 22.1 Å². The maximum absolute atomic E-state index is 12.3. The Labute approximate surface area is 138 Å². The Morgan fingerprint density at radius 3 is 2.04 bits per heavy atom. The lowest BCUT2D eigenvalue weighted by Gasteiger charge is -2.13. The third-order valence-electron chi connectivity index (χ3n) is 3.03. The van der Waals surface area contributed by atoms with Gasteiger partial charge < -0.3 is 9.47 Å². The Morgan fingerprint density at radius 2 is 1.48 bits per heavy atom. The number of halogens is 1. The molecule has 0 aromatic heterocycles. The second kappa shape index (κ2) is 7.51. The molecule has 0 aliphatic heterocycles. The molecule has 23 heavy (non-hydrogen) atoms. The van der Waals surface area contributed by atoms with Crippen LogP contribution in [-0.4, -0.2) is 26.0 Å². The molecule has 0 bridgehead atoms. The standard InChI is InChI=1S/C16H15ClN2O4/c1-22-12-7-4-8-13(23-2)14(12)16(21)19-18-15(20)10-5-3-6-11(17)9-10/h3-9H,1-2H3,(H,18,20)(H,19,21). The zero-order chi connectivity index (χ0) is 16.8. The van der Waals surface area contributed by atoms with Crippen molar-refractivity contribution in [2.45, 2.75) is 0 Å². The third-order valence-corrected chi connectivity index (χ3v) is 3.27. The van der Waals surface area contributed by atoms with E-state index in [1.54, 1.807) is 36.4 Å². The number of nitrogens with one attached hydrogen (secondary N) is 2. The molecule has 0 saturated carbocycles. The van der Waals surface area contributed by atoms with Gasteiger partial charge in [0, 0.05) is 10.6 Å². The first kappa shape index (κ1) is 16.6. The van der Waals surface area contributed by atoms with Gasteiger partial charge in [0.05, 0.1) is 14.2 Å². The fourth-order valence-corrected chi connectivity index (χ4v) is 2.14. The molecule has 0 atom stereocenters. The van der Waals surface area contributed by atoms with Crippen LogP contribution in [0.25, 0.3) is 0 Å². The van der Waals surface area contributed by atoms with Gasteiger partial charge in [-0.25, -0.2) is 0 Å². The summed E-state index contributed by atoms with van der Waals surface area (Å²) in [5.41, 5.74) is 5.15. The predicted octanol–water partition coefficient (Wildman–Crippen LogP) is 2.43. The van der Waals surface area contributed by atoms with Crippen LogP contribution in [0.2, 0.25) is 5.02 Å². The summed E-state index contributed by atoms with van der Waals surface area (Å²) in [6.45, 7) is 0. The number of ether oxygens (including phenoxy) is 2. The van der Waals surface area contributed by atoms with Crippen molar-refractivity contribution >= 4 is 23.4 Å². The van der Waals surface area contributed by atoms with Crippen molar-refractivity contribution in [3.63, 3.8) is 0 Å². The quantitative estimate of drug-likeness (QED) is 0.842. The Kier molecular flexibility index (Phi) is 5.43. The first-order valence-corrected chi connectivity index (χ1v) is 7.02. The van der Waals surface area contributed by atoms with Crippen LogP contribution in [0.15, 0.2) is 42.5 Å². The molecule has 2 rings (SSSR count). The minimum Gasteiger partial charge on any atom is -0.496 e. The number of carbonyl (C=O) groups excluding carboxylic acids is 2. The molecule has 2 N–H and O–H groups in total. The molecular weight excluding hydrogens is 320 g/mol. The van der Waals surface area contributed by atoms with Crippen molar-refractivity contribution < 1.29 is 19.1 Å². The maximum Gasteiger partial charge on any atom is 0.277 e. The van der Waals surface area contributed by atoms with Gasteiger partial charge in [-0.05, 0) is 30.3 Å². The smallest absolute Gasteiger partial charge is 0.277 e. The lowest BCUT2D eigenvalue weighted by atomic mass is 10.1. The zero-order valence-electron chi connectivity index (χ0n) is 12.6. The number of rotatable bonds is 4. The number of hydrazine groups is 1. The summed E-state index contributed by atoms with van der Waals surface area (Å²) in [7, 11) is 2.88. The first-order chi connectivity index (χ1) is 11.1. The number of hydrogen-bond acceptors (Lipinski definition) is 4. The van der Waals surface area contributed by atoms with Gasteiger partial charge in [-0.2, -0.15) is 0 Å². The van der Waals surface area contributed by atoms with Crippen molar-refractivity contribution in [1.29, 1.82) is 0 Å². The summed E-state index contributed by atoms with van der Waals surface area (Å²) in [5, 5.41) is 0.426. The van der Waals surface area contributed by atoms with Crippen LogP contribution in [0.4, 0.5) is 0 Å². The minimum absolute atomic E-state index is 0.184. The van der Waals surface area contributed by atoms with Crippen LogP contribution in [0, 0.1) is 0 Å². The molecule has 0 unspecified atom stereocenters. The van der Waals surface area contributed by atoms with E-state index in [-0.39, 0.29) is 5.56 Å². The van der Waals surface area contributed by atoms with Crippen molar-refractivity contribution in [1.82, 2.24) is 10.9 Å². The fourth-order valence-electron chi connectivity index (χ4n) is 1.95. The molecule has 2 amide bonds. The topological polar surface area (TPSA) is 76.7 Å². The second-order valence-corrected chi connectivity index (χ2v) is 4.89. The van der Waals surface area contributed by atoms with E-state index < -0.39 is 11.8 Å². The van der Waals surface area contributed by atoms with Crippen molar-refractivity contribution in [2.24, 2.45) is 0 Å². The molecule has 0 aliphatic carbocycles. The monoisotopic (exact) mass is 334 g/mol. The number of benzene rings is 2. The van der Waals surface area contributed by atoms with Gasteiger partial charge in [-0.1, -0.05) is 23.7 Å². The molecule has 0 aliphatic rings. The molecule has 0 radical (unpaired) electrons. The highest BCUT2D eigenvalue weighted by atomic mass is 35.5. The van der Waals surface area contributed by atoms with Crippen molar-refractivity contribution in [3.8, 4) is 11.5 Å². The molecular formula is C16H15ClN2O4. The van der Waals surface area contributed by atoms with Crippen LogP contribution < -0.4 is 20.3 Å². The molecule has 6 nitrogen and oxygen atoms in total.